The molecule has 29 heavy (non-hydrogen) atoms. The van der Waals surface area contributed by atoms with Crippen molar-refractivity contribution in [2.45, 2.75) is 40.2 Å². The van der Waals surface area contributed by atoms with Crippen LogP contribution in [0.3, 0.4) is 0 Å². The first-order valence-corrected chi connectivity index (χ1v) is 9.74. The Hall–Kier alpha value is -2.35. The Morgan fingerprint density at radius 1 is 1.28 bits per heavy atom. The highest BCUT2D eigenvalue weighted by Gasteiger charge is 2.25. The average molecular weight is 422 g/mol. The zero-order valence-electron chi connectivity index (χ0n) is 17.7. The summed E-state index contributed by atoms with van der Waals surface area (Å²) in [6.45, 7) is 7.50. The number of aromatic nitrogens is 1. The number of hydrogen-bond acceptors (Lipinski definition) is 7. The summed E-state index contributed by atoms with van der Waals surface area (Å²) in [5.74, 6) is 0.157. The Labute approximate surface area is 176 Å². The Kier molecular flexibility index (Phi) is 7.84. The lowest BCUT2D eigenvalue weighted by atomic mass is 10.1. The van der Waals surface area contributed by atoms with Crippen LogP contribution in [0.1, 0.15) is 40.5 Å². The number of ether oxygens (including phenoxy) is 2. The number of nitrogens with zero attached hydrogens (tertiary/aromatic N) is 2. The van der Waals surface area contributed by atoms with Crippen LogP contribution in [0.2, 0.25) is 5.02 Å². The predicted molar refractivity (Wildman–Crippen MR) is 114 cm³/mol. The average Bonchev–Trinajstić information content (AvgIpc) is 2.67. The molecule has 1 aromatic heterocycles. The van der Waals surface area contributed by atoms with Gasteiger partial charge in [0.25, 0.3) is 0 Å². The molecule has 8 heteroatoms. The van der Waals surface area contributed by atoms with Gasteiger partial charge in [0.2, 0.25) is 5.88 Å². The van der Waals surface area contributed by atoms with Gasteiger partial charge in [-0.15, -0.1) is 0 Å². The van der Waals surface area contributed by atoms with Crippen molar-refractivity contribution in [3.8, 4) is 11.6 Å². The molecule has 0 saturated heterocycles. The first-order chi connectivity index (χ1) is 13.7. The maximum Gasteiger partial charge on any atom is 0.345 e. The van der Waals surface area contributed by atoms with E-state index in [4.69, 9.17) is 21.1 Å². The van der Waals surface area contributed by atoms with Crippen molar-refractivity contribution in [1.29, 1.82) is 0 Å². The third-order valence-electron chi connectivity index (χ3n) is 4.56. The van der Waals surface area contributed by atoms with Crippen molar-refractivity contribution >= 4 is 23.3 Å². The molecular formula is C21H28ClN3O4. The van der Waals surface area contributed by atoms with Gasteiger partial charge < -0.3 is 19.6 Å². The molecule has 0 fully saturated rings. The summed E-state index contributed by atoms with van der Waals surface area (Å²) >= 11 is 6.12. The lowest BCUT2D eigenvalue weighted by molar-refractivity contribution is 0.0597. The van der Waals surface area contributed by atoms with Crippen LogP contribution in [-0.4, -0.2) is 42.9 Å². The minimum absolute atomic E-state index is 0.0367. The highest BCUT2D eigenvalue weighted by Crippen LogP contribution is 2.35. The van der Waals surface area contributed by atoms with E-state index in [2.05, 4.69) is 10.4 Å². The van der Waals surface area contributed by atoms with Crippen LogP contribution in [0.25, 0.3) is 0 Å². The highest BCUT2D eigenvalue weighted by molar-refractivity contribution is 6.30. The Balaban J connectivity index is 2.58. The van der Waals surface area contributed by atoms with E-state index in [-0.39, 0.29) is 24.1 Å². The van der Waals surface area contributed by atoms with Crippen LogP contribution in [0.5, 0.6) is 11.6 Å². The SMILES string of the molecule is CCC(CO)NN(C)c1cc(C)nc(Oc2c(C)cc(Cl)cc2C)c1C(=O)OC. The van der Waals surface area contributed by atoms with E-state index >= 15 is 0 Å². The molecule has 2 rings (SSSR count). The number of aryl methyl sites for hydroxylation is 3. The van der Waals surface area contributed by atoms with Gasteiger partial charge in [-0.3, -0.25) is 0 Å². The molecule has 0 aliphatic carbocycles. The standard InChI is InChI=1S/C21H28ClN3O4/c1-7-16(11-26)24-25(5)17-10-14(4)23-20(18(17)21(27)28-6)29-19-12(2)8-15(22)9-13(19)3/h8-10,16,24,26H,7,11H2,1-6H3. The van der Waals surface area contributed by atoms with Crippen molar-refractivity contribution in [3.05, 3.63) is 45.6 Å². The summed E-state index contributed by atoms with van der Waals surface area (Å²) in [4.78, 5) is 17.1. The number of rotatable bonds is 8. The van der Waals surface area contributed by atoms with E-state index in [9.17, 15) is 9.90 Å². The Morgan fingerprint density at radius 3 is 2.41 bits per heavy atom. The van der Waals surface area contributed by atoms with E-state index < -0.39 is 5.97 Å². The molecule has 0 spiro atoms. The van der Waals surface area contributed by atoms with Gasteiger partial charge in [0.05, 0.1) is 19.4 Å². The largest absolute Gasteiger partial charge is 0.465 e. The smallest absolute Gasteiger partial charge is 0.345 e. The summed E-state index contributed by atoms with van der Waals surface area (Å²) < 4.78 is 11.1. The zero-order chi connectivity index (χ0) is 21.7. The lowest BCUT2D eigenvalue weighted by Gasteiger charge is -2.28. The lowest BCUT2D eigenvalue weighted by Crippen LogP contribution is -2.44. The molecule has 0 saturated carbocycles. The molecule has 1 atom stereocenters. The third-order valence-corrected chi connectivity index (χ3v) is 4.78. The van der Waals surface area contributed by atoms with Gasteiger partial charge in [0, 0.05) is 23.8 Å². The van der Waals surface area contributed by atoms with Crippen molar-refractivity contribution in [1.82, 2.24) is 10.4 Å². The minimum atomic E-state index is -0.572. The number of hydrogen-bond donors (Lipinski definition) is 2. The fraction of sp³-hybridized carbons (Fsp3) is 0.429. The molecule has 0 amide bonds. The number of benzene rings is 1. The number of aliphatic hydroxyl groups excluding tert-OH is 1. The maximum absolute atomic E-state index is 12.6. The predicted octanol–water partition coefficient (Wildman–Crippen LogP) is 3.95. The van der Waals surface area contributed by atoms with Crippen LogP contribution < -0.4 is 15.2 Å². The molecule has 1 heterocycles. The maximum atomic E-state index is 12.6. The minimum Gasteiger partial charge on any atom is -0.465 e. The fourth-order valence-electron chi connectivity index (χ4n) is 3.02. The van der Waals surface area contributed by atoms with Gasteiger partial charge in [-0.1, -0.05) is 18.5 Å². The molecular weight excluding hydrogens is 394 g/mol. The van der Waals surface area contributed by atoms with Gasteiger partial charge in [-0.05, 0) is 56.5 Å². The highest BCUT2D eigenvalue weighted by atomic mass is 35.5. The number of esters is 1. The number of methoxy groups -OCH3 is 1. The molecule has 2 N–H and O–H groups in total. The number of pyridine rings is 1. The quantitative estimate of drug-likeness (QED) is 0.493. The van der Waals surface area contributed by atoms with Crippen LogP contribution in [0.4, 0.5) is 5.69 Å². The fourth-order valence-corrected chi connectivity index (χ4v) is 3.35. The van der Waals surface area contributed by atoms with Crippen LogP contribution >= 0.6 is 11.6 Å². The number of halogens is 1. The van der Waals surface area contributed by atoms with Crippen LogP contribution in [0.15, 0.2) is 18.2 Å². The van der Waals surface area contributed by atoms with Crippen LogP contribution in [0, 0.1) is 20.8 Å². The summed E-state index contributed by atoms with van der Waals surface area (Å²) in [6.07, 6.45) is 0.713. The zero-order valence-corrected chi connectivity index (χ0v) is 18.4. The monoisotopic (exact) mass is 421 g/mol. The van der Waals surface area contributed by atoms with Crippen molar-refractivity contribution < 1.29 is 19.4 Å². The second kappa shape index (κ2) is 9.91. The molecule has 0 aliphatic heterocycles. The number of hydrazine groups is 1. The summed E-state index contributed by atoms with van der Waals surface area (Å²) in [5, 5.41) is 11.8. The first-order valence-electron chi connectivity index (χ1n) is 9.37. The number of carbonyl (C=O) groups is 1. The molecule has 1 aromatic carbocycles. The van der Waals surface area contributed by atoms with Crippen LogP contribution in [-0.2, 0) is 4.74 Å². The molecule has 2 aromatic rings. The Morgan fingerprint density at radius 2 is 1.90 bits per heavy atom. The molecule has 0 radical (unpaired) electrons. The van der Waals surface area contributed by atoms with Gasteiger partial charge in [0.1, 0.15) is 11.3 Å². The summed E-state index contributed by atoms with van der Waals surface area (Å²) in [5.41, 5.74) is 6.22. The number of anilines is 1. The van der Waals surface area contributed by atoms with E-state index in [1.165, 1.54) is 7.11 Å². The normalized spacial score (nSPS) is 11.9. The molecule has 1 unspecified atom stereocenters. The second-order valence-electron chi connectivity index (χ2n) is 6.90. The summed E-state index contributed by atoms with van der Waals surface area (Å²) in [6, 6.07) is 5.18. The van der Waals surface area contributed by atoms with Crippen molar-refractivity contribution in [2.75, 3.05) is 25.8 Å². The second-order valence-corrected chi connectivity index (χ2v) is 7.34. The number of carbonyl (C=O) groups excluding carboxylic acids is 1. The van der Waals surface area contributed by atoms with E-state index in [1.54, 1.807) is 30.3 Å². The molecule has 0 aliphatic rings. The van der Waals surface area contributed by atoms with Crippen molar-refractivity contribution in [2.24, 2.45) is 0 Å². The molecule has 0 bridgehead atoms. The van der Waals surface area contributed by atoms with Gasteiger partial charge >= 0.3 is 5.97 Å². The summed E-state index contributed by atoms with van der Waals surface area (Å²) in [7, 11) is 3.08. The van der Waals surface area contributed by atoms with E-state index in [0.717, 1.165) is 11.1 Å². The number of aliphatic hydroxyl groups is 1. The molecule has 7 nitrogen and oxygen atoms in total. The van der Waals surface area contributed by atoms with Gasteiger partial charge in [0.15, 0.2) is 0 Å². The Bertz CT molecular complexity index is 861. The third kappa shape index (κ3) is 5.38. The van der Waals surface area contributed by atoms with E-state index in [1.807, 2.05) is 27.7 Å². The number of nitrogens with one attached hydrogen (secondary N) is 1. The first kappa shape index (κ1) is 22.9. The van der Waals surface area contributed by atoms with E-state index in [0.29, 0.717) is 28.6 Å². The van der Waals surface area contributed by atoms with Gasteiger partial charge in [-0.2, -0.15) is 0 Å². The topological polar surface area (TPSA) is 83.9 Å². The van der Waals surface area contributed by atoms with Crippen molar-refractivity contribution in [3.63, 3.8) is 0 Å². The van der Waals surface area contributed by atoms with Gasteiger partial charge in [-0.25, -0.2) is 15.2 Å². The molecule has 158 valence electrons.